The molecule has 1 aromatic carbocycles. The molecule has 0 radical (unpaired) electrons. The van der Waals surface area contributed by atoms with Crippen LogP contribution in [0.4, 0.5) is 13.6 Å². The topological polar surface area (TPSA) is 78.4 Å². The van der Waals surface area contributed by atoms with Crippen LogP contribution in [-0.2, 0) is 11.3 Å². The van der Waals surface area contributed by atoms with E-state index in [0.717, 1.165) is 12.1 Å². The molecule has 1 rings (SSSR count). The summed E-state index contributed by atoms with van der Waals surface area (Å²) in [6.07, 6.45) is -0.192. The molecule has 2 amide bonds. The third kappa shape index (κ3) is 5.21. The highest BCUT2D eigenvalue weighted by molar-refractivity contribution is 9.10. The van der Waals surface area contributed by atoms with Gasteiger partial charge in [0.1, 0.15) is 0 Å². The number of carboxylic acids is 1. The quantitative estimate of drug-likeness (QED) is 0.719. The van der Waals surface area contributed by atoms with Crippen LogP contribution in [0.2, 0.25) is 0 Å². The summed E-state index contributed by atoms with van der Waals surface area (Å²) in [4.78, 5) is 21.5. The maximum Gasteiger partial charge on any atom is 0.315 e. The van der Waals surface area contributed by atoms with Gasteiger partial charge in [0, 0.05) is 17.6 Å². The highest BCUT2D eigenvalue weighted by Gasteiger charge is 2.09. The summed E-state index contributed by atoms with van der Waals surface area (Å²) in [7, 11) is 0. The Morgan fingerprint density at radius 2 is 1.84 bits per heavy atom. The summed E-state index contributed by atoms with van der Waals surface area (Å²) in [6, 6.07) is 1.35. The third-order valence-electron chi connectivity index (χ3n) is 2.15. The number of hydrogen-bond acceptors (Lipinski definition) is 2. The molecule has 0 spiro atoms. The molecule has 8 heteroatoms. The van der Waals surface area contributed by atoms with Crippen molar-refractivity contribution >= 4 is 27.9 Å². The number of hydrogen-bond donors (Lipinski definition) is 3. The van der Waals surface area contributed by atoms with Gasteiger partial charge in [-0.25, -0.2) is 13.6 Å². The van der Waals surface area contributed by atoms with Gasteiger partial charge in [0.15, 0.2) is 11.6 Å². The first kappa shape index (κ1) is 15.4. The van der Waals surface area contributed by atoms with E-state index in [4.69, 9.17) is 5.11 Å². The van der Waals surface area contributed by atoms with E-state index in [2.05, 4.69) is 26.6 Å². The molecule has 0 aromatic heterocycles. The lowest BCUT2D eigenvalue weighted by molar-refractivity contribution is -0.136. The smallest absolute Gasteiger partial charge is 0.315 e. The molecule has 0 bridgehead atoms. The van der Waals surface area contributed by atoms with E-state index in [1.165, 1.54) is 0 Å². The maximum atomic E-state index is 13.0. The average molecular weight is 337 g/mol. The minimum atomic E-state index is -1.02. The van der Waals surface area contributed by atoms with Crippen molar-refractivity contribution in [3.8, 4) is 0 Å². The molecular weight excluding hydrogens is 326 g/mol. The lowest BCUT2D eigenvalue weighted by atomic mass is 10.2. The Kier molecular flexibility index (Phi) is 5.68. The van der Waals surface area contributed by atoms with Crippen molar-refractivity contribution < 1.29 is 23.5 Å². The lowest BCUT2D eigenvalue weighted by Crippen LogP contribution is -2.36. The Hall–Kier alpha value is -1.70. The first-order chi connectivity index (χ1) is 8.90. The van der Waals surface area contributed by atoms with Crippen molar-refractivity contribution in [3.63, 3.8) is 0 Å². The Balaban J connectivity index is 2.46. The van der Waals surface area contributed by atoms with Crippen LogP contribution >= 0.6 is 15.9 Å². The predicted octanol–water partition coefficient (Wildman–Crippen LogP) is 2.00. The molecule has 0 aliphatic rings. The molecular formula is C11H11BrF2N2O3. The van der Waals surface area contributed by atoms with Crippen molar-refractivity contribution in [1.82, 2.24) is 10.6 Å². The molecule has 0 unspecified atom stereocenters. The van der Waals surface area contributed by atoms with Crippen LogP contribution in [0.3, 0.4) is 0 Å². The van der Waals surface area contributed by atoms with Crippen LogP contribution in [0.1, 0.15) is 12.0 Å². The van der Waals surface area contributed by atoms with E-state index >= 15 is 0 Å². The highest BCUT2D eigenvalue weighted by Crippen LogP contribution is 2.20. The molecule has 0 saturated carbocycles. The number of benzene rings is 1. The van der Waals surface area contributed by atoms with E-state index in [1.54, 1.807) is 0 Å². The number of urea groups is 1. The van der Waals surface area contributed by atoms with Crippen LogP contribution in [0.15, 0.2) is 16.6 Å². The fourth-order valence-electron chi connectivity index (χ4n) is 1.22. The number of carboxylic acid groups (broad SMARTS) is 1. The van der Waals surface area contributed by atoms with E-state index in [1.807, 2.05) is 0 Å². The minimum Gasteiger partial charge on any atom is -0.481 e. The van der Waals surface area contributed by atoms with Gasteiger partial charge < -0.3 is 15.7 Å². The second-order valence-corrected chi connectivity index (χ2v) is 4.47. The van der Waals surface area contributed by atoms with Crippen LogP contribution in [-0.4, -0.2) is 23.7 Å². The molecule has 0 fully saturated rings. The Labute approximate surface area is 116 Å². The maximum absolute atomic E-state index is 13.0. The van der Waals surface area contributed by atoms with Gasteiger partial charge in [-0.1, -0.05) is 15.9 Å². The fraction of sp³-hybridized carbons (Fsp3) is 0.273. The van der Waals surface area contributed by atoms with Gasteiger partial charge in [0.05, 0.1) is 6.42 Å². The highest BCUT2D eigenvalue weighted by atomic mass is 79.9. The van der Waals surface area contributed by atoms with Crippen molar-refractivity contribution in [2.75, 3.05) is 6.54 Å². The molecule has 3 N–H and O–H groups in total. The molecule has 0 aliphatic heterocycles. The van der Waals surface area contributed by atoms with E-state index in [0.29, 0.717) is 10.0 Å². The zero-order valence-corrected chi connectivity index (χ0v) is 11.3. The summed E-state index contributed by atoms with van der Waals surface area (Å²) in [5, 5.41) is 13.1. The van der Waals surface area contributed by atoms with Gasteiger partial charge in [-0.05, 0) is 17.7 Å². The van der Waals surface area contributed by atoms with Crippen molar-refractivity contribution in [3.05, 3.63) is 33.8 Å². The van der Waals surface area contributed by atoms with Gasteiger partial charge in [0.25, 0.3) is 0 Å². The zero-order valence-electron chi connectivity index (χ0n) is 9.67. The van der Waals surface area contributed by atoms with Crippen LogP contribution in [0.25, 0.3) is 0 Å². The molecule has 104 valence electrons. The zero-order chi connectivity index (χ0) is 14.4. The van der Waals surface area contributed by atoms with Gasteiger partial charge in [0.2, 0.25) is 0 Å². The number of nitrogens with one attached hydrogen (secondary N) is 2. The van der Waals surface area contributed by atoms with Crippen molar-refractivity contribution in [2.24, 2.45) is 0 Å². The lowest BCUT2D eigenvalue weighted by Gasteiger charge is -2.08. The van der Waals surface area contributed by atoms with Gasteiger partial charge in [-0.15, -0.1) is 0 Å². The number of aliphatic carboxylic acids is 1. The van der Waals surface area contributed by atoms with Crippen LogP contribution < -0.4 is 10.6 Å². The number of rotatable bonds is 5. The van der Waals surface area contributed by atoms with Crippen LogP contribution in [0, 0.1) is 11.6 Å². The molecule has 5 nitrogen and oxygen atoms in total. The Morgan fingerprint density at radius 3 is 2.47 bits per heavy atom. The van der Waals surface area contributed by atoms with Crippen molar-refractivity contribution in [1.29, 1.82) is 0 Å². The summed E-state index contributed by atoms with van der Waals surface area (Å²) in [6.45, 7) is -0.0309. The van der Waals surface area contributed by atoms with Gasteiger partial charge >= 0.3 is 12.0 Å². The first-order valence-corrected chi connectivity index (χ1v) is 6.06. The summed E-state index contributed by atoms with van der Waals surface area (Å²) in [5.74, 6) is -3.02. The van der Waals surface area contributed by atoms with E-state index in [-0.39, 0.29) is 19.5 Å². The van der Waals surface area contributed by atoms with Crippen molar-refractivity contribution in [2.45, 2.75) is 13.0 Å². The monoisotopic (exact) mass is 336 g/mol. The first-order valence-electron chi connectivity index (χ1n) is 5.27. The van der Waals surface area contributed by atoms with E-state index in [9.17, 15) is 18.4 Å². The molecule has 0 heterocycles. The Bertz CT molecular complexity index is 497. The normalized spacial score (nSPS) is 10.1. The largest absolute Gasteiger partial charge is 0.481 e. The molecule has 0 saturated heterocycles. The molecule has 0 atom stereocenters. The fourth-order valence-corrected chi connectivity index (χ4v) is 1.68. The number of carbonyl (C=O) groups excluding carboxylic acids is 1. The molecule has 1 aromatic rings. The summed E-state index contributed by atoms with van der Waals surface area (Å²) < 4.78 is 26.2. The standard InChI is InChI=1S/C11H11BrF2N2O3/c12-7-4-9(14)8(13)3-6(7)5-16-11(19)15-2-1-10(17)18/h3-4H,1-2,5H2,(H,17,18)(H2,15,16,19). The average Bonchev–Trinajstić information content (AvgIpc) is 2.31. The predicted molar refractivity (Wildman–Crippen MR) is 66.5 cm³/mol. The second-order valence-electron chi connectivity index (χ2n) is 3.61. The number of amides is 2. The van der Waals surface area contributed by atoms with Gasteiger partial charge in [-0.3, -0.25) is 4.79 Å². The minimum absolute atomic E-state index is 0.0138. The third-order valence-corrected chi connectivity index (χ3v) is 2.89. The Morgan fingerprint density at radius 1 is 1.21 bits per heavy atom. The van der Waals surface area contributed by atoms with Gasteiger partial charge in [-0.2, -0.15) is 0 Å². The summed E-state index contributed by atoms with van der Waals surface area (Å²) >= 11 is 3.05. The van der Waals surface area contributed by atoms with E-state index < -0.39 is 23.6 Å². The number of halogens is 3. The molecule has 19 heavy (non-hydrogen) atoms. The SMILES string of the molecule is O=C(O)CCNC(=O)NCc1cc(F)c(F)cc1Br. The second kappa shape index (κ2) is 7.03. The van der Waals surface area contributed by atoms with Crippen LogP contribution in [0.5, 0.6) is 0 Å². The summed E-state index contributed by atoms with van der Waals surface area (Å²) in [5.41, 5.74) is 0.368. The molecule has 0 aliphatic carbocycles. The number of carbonyl (C=O) groups is 2.